The summed E-state index contributed by atoms with van der Waals surface area (Å²) in [5.74, 6) is -0.975. The Hall–Kier alpha value is -1.45. The van der Waals surface area contributed by atoms with E-state index in [2.05, 4.69) is 0 Å². The Morgan fingerprint density at radius 3 is 2.17 bits per heavy atom. The van der Waals surface area contributed by atoms with Gasteiger partial charge >= 0.3 is 5.97 Å². The SMILES string of the molecule is CCOC(=O)C1CC(=O)C(=C(C)C2CC2)C(=O)C1. The van der Waals surface area contributed by atoms with Gasteiger partial charge in [0.05, 0.1) is 18.1 Å². The zero-order chi connectivity index (χ0) is 13.3. The monoisotopic (exact) mass is 250 g/mol. The summed E-state index contributed by atoms with van der Waals surface area (Å²) in [4.78, 5) is 35.6. The first kappa shape index (κ1) is 13.0. The van der Waals surface area contributed by atoms with Crippen LogP contribution in [0.15, 0.2) is 11.1 Å². The molecule has 0 spiro atoms. The molecule has 0 aromatic rings. The van der Waals surface area contributed by atoms with E-state index < -0.39 is 11.9 Å². The molecule has 0 unspecified atom stereocenters. The van der Waals surface area contributed by atoms with Crippen molar-refractivity contribution >= 4 is 17.5 Å². The summed E-state index contributed by atoms with van der Waals surface area (Å²) in [7, 11) is 0. The molecule has 2 aliphatic rings. The molecule has 0 saturated heterocycles. The molecule has 0 heterocycles. The van der Waals surface area contributed by atoms with Gasteiger partial charge in [0, 0.05) is 12.8 Å². The Kier molecular flexibility index (Phi) is 3.64. The number of carbonyl (C=O) groups excluding carboxylic acids is 3. The lowest BCUT2D eigenvalue weighted by molar-refractivity contribution is -0.151. The van der Waals surface area contributed by atoms with Crippen molar-refractivity contribution in [1.82, 2.24) is 0 Å². The van der Waals surface area contributed by atoms with Crippen molar-refractivity contribution in [1.29, 1.82) is 0 Å². The Bertz CT molecular complexity index is 409. The smallest absolute Gasteiger partial charge is 0.309 e. The third-order valence-electron chi connectivity index (χ3n) is 3.63. The van der Waals surface area contributed by atoms with Crippen molar-refractivity contribution in [2.45, 2.75) is 39.5 Å². The van der Waals surface area contributed by atoms with E-state index in [1.807, 2.05) is 6.92 Å². The summed E-state index contributed by atoms with van der Waals surface area (Å²) in [6, 6.07) is 0. The molecule has 0 radical (unpaired) electrons. The first-order valence-electron chi connectivity index (χ1n) is 6.48. The number of ether oxygens (including phenoxy) is 1. The topological polar surface area (TPSA) is 60.4 Å². The van der Waals surface area contributed by atoms with Crippen LogP contribution in [-0.4, -0.2) is 24.1 Å². The van der Waals surface area contributed by atoms with Crippen LogP contribution in [0.25, 0.3) is 0 Å². The number of hydrogen-bond donors (Lipinski definition) is 0. The largest absolute Gasteiger partial charge is 0.466 e. The van der Waals surface area contributed by atoms with Crippen molar-refractivity contribution in [3.63, 3.8) is 0 Å². The molecule has 18 heavy (non-hydrogen) atoms. The van der Waals surface area contributed by atoms with Crippen LogP contribution in [0.5, 0.6) is 0 Å². The molecule has 0 aromatic carbocycles. The van der Waals surface area contributed by atoms with Crippen LogP contribution in [0, 0.1) is 11.8 Å². The molecule has 2 rings (SSSR count). The fourth-order valence-electron chi connectivity index (χ4n) is 2.47. The summed E-state index contributed by atoms with van der Waals surface area (Å²) in [5.41, 5.74) is 1.28. The minimum atomic E-state index is -0.583. The predicted molar refractivity (Wildman–Crippen MR) is 64.8 cm³/mol. The van der Waals surface area contributed by atoms with Gasteiger partial charge in [-0.2, -0.15) is 0 Å². The first-order valence-corrected chi connectivity index (χ1v) is 6.48. The van der Waals surface area contributed by atoms with Crippen LogP contribution in [0.3, 0.4) is 0 Å². The number of carbonyl (C=O) groups is 3. The molecule has 0 bridgehead atoms. The van der Waals surface area contributed by atoms with Crippen LogP contribution in [0.1, 0.15) is 39.5 Å². The van der Waals surface area contributed by atoms with Gasteiger partial charge in [-0.1, -0.05) is 5.57 Å². The highest BCUT2D eigenvalue weighted by Crippen LogP contribution is 2.39. The molecule has 2 aliphatic carbocycles. The second-order valence-electron chi connectivity index (χ2n) is 5.04. The second kappa shape index (κ2) is 5.04. The van der Waals surface area contributed by atoms with Gasteiger partial charge in [-0.25, -0.2) is 0 Å². The number of hydrogen-bond acceptors (Lipinski definition) is 4. The van der Waals surface area contributed by atoms with Crippen LogP contribution < -0.4 is 0 Å². The minimum absolute atomic E-state index is 0.115. The van der Waals surface area contributed by atoms with Crippen molar-refractivity contribution in [3.05, 3.63) is 11.1 Å². The van der Waals surface area contributed by atoms with Gasteiger partial charge in [-0.15, -0.1) is 0 Å². The highest BCUT2D eigenvalue weighted by atomic mass is 16.5. The number of esters is 1. The molecular weight excluding hydrogens is 232 g/mol. The molecule has 0 atom stereocenters. The van der Waals surface area contributed by atoms with Gasteiger partial charge in [0.2, 0.25) is 0 Å². The zero-order valence-corrected chi connectivity index (χ0v) is 10.8. The van der Waals surface area contributed by atoms with Gasteiger partial charge in [0.1, 0.15) is 0 Å². The summed E-state index contributed by atoms with van der Waals surface area (Å²) in [6.45, 7) is 3.86. The van der Waals surface area contributed by atoms with Crippen LogP contribution >= 0.6 is 0 Å². The lowest BCUT2D eigenvalue weighted by Gasteiger charge is -2.21. The lowest BCUT2D eigenvalue weighted by atomic mass is 9.81. The molecule has 0 N–H and O–H groups in total. The summed E-state index contributed by atoms with van der Waals surface area (Å²) >= 11 is 0. The number of rotatable bonds is 3. The minimum Gasteiger partial charge on any atom is -0.466 e. The maximum absolute atomic E-state index is 12.0. The standard InChI is InChI=1S/C14H18O4/c1-3-18-14(17)10-6-11(15)13(12(16)7-10)8(2)9-4-5-9/h9-10H,3-7H2,1-2H3. The van der Waals surface area contributed by atoms with Crippen molar-refractivity contribution in [2.24, 2.45) is 11.8 Å². The molecule has 0 aliphatic heterocycles. The summed E-state index contributed by atoms with van der Waals surface area (Å²) in [6.07, 6.45) is 2.36. The molecular formula is C14H18O4. The Morgan fingerprint density at radius 2 is 1.72 bits per heavy atom. The normalized spacial score (nSPS) is 24.1. The van der Waals surface area contributed by atoms with E-state index in [1.54, 1.807) is 6.92 Å². The molecule has 98 valence electrons. The quantitative estimate of drug-likeness (QED) is 0.435. The van der Waals surface area contributed by atoms with E-state index in [0.29, 0.717) is 11.5 Å². The van der Waals surface area contributed by atoms with Gasteiger partial charge in [-0.05, 0) is 32.6 Å². The first-order chi connectivity index (χ1) is 8.54. The molecule has 0 amide bonds. The third kappa shape index (κ3) is 2.52. The summed E-state index contributed by atoms with van der Waals surface area (Å²) in [5, 5.41) is 0. The third-order valence-corrected chi connectivity index (χ3v) is 3.63. The average molecular weight is 250 g/mol. The Morgan fingerprint density at radius 1 is 1.17 bits per heavy atom. The summed E-state index contributed by atoms with van der Waals surface area (Å²) < 4.78 is 4.87. The fraction of sp³-hybridized carbons (Fsp3) is 0.643. The molecule has 0 aromatic heterocycles. The van der Waals surface area contributed by atoms with Crippen LogP contribution in [0.2, 0.25) is 0 Å². The van der Waals surface area contributed by atoms with E-state index >= 15 is 0 Å². The molecule has 4 heteroatoms. The highest BCUT2D eigenvalue weighted by Gasteiger charge is 2.38. The van der Waals surface area contributed by atoms with Crippen molar-refractivity contribution in [2.75, 3.05) is 6.61 Å². The molecule has 2 fully saturated rings. The maximum Gasteiger partial charge on any atom is 0.309 e. The van der Waals surface area contributed by atoms with Crippen molar-refractivity contribution < 1.29 is 19.1 Å². The van der Waals surface area contributed by atoms with E-state index in [1.165, 1.54) is 0 Å². The predicted octanol–water partition coefficient (Wildman–Crippen LogP) is 1.82. The van der Waals surface area contributed by atoms with Gasteiger partial charge in [0.25, 0.3) is 0 Å². The van der Waals surface area contributed by atoms with Crippen LogP contribution in [0.4, 0.5) is 0 Å². The van der Waals surface area contributed by atoms with Crippen LogP contribution in [-0.2, 0) is 19.1 Å². The number of Topliss-reactive ketones (excluding diaryl/α,β-unsaturated/α-hetero) is 2. The number of allylic oxidation sites excluding steroid dienone is 2. The maximum atomic E-state index is 12.0. The Labute approximate surface area is 106 Å². The van der Waals surface area contributed by atoms with Gasteiger partial charge in [0.15, 0.2) is 11.6 Å². The van der Waals surface area contributed by atoms with E-state index in [9.17, 15) is 14.4 Å². The Balaban J connectivity index is 2.13. The molecule has 2 saturated carbocycles. The average Bonchev–Trinajstić information content (AvgIpc) is 3.11. The lowest BCUT2D eigenvalue weighted by Crippen LogP contribution is -2.32. The van der Waals surface area contributed by atoms with Crippen molar-refractivity contribution in [3.8, 4) is 0 Å². The zero-order valence-electron chi connectivity index (χ0n) is 10.8. The fourth-order valence-corrected chi connectivity index (χ4v) is 2.47. The highest BCUT2D eigenvalue weighted by molar-refractivity contribution is 6.23. The molecule has 4 nitrogen and oxygen atoms in total. The van der Waals surface area contributed by atoms with E-state index in [-0.39, 0.29) is 31.0 Å². The van der Waals surface area contributed by atoms with Gasteiger partial charge in [-0.3, -0.25) is 14.4 Å². The number of ketones is 2. The van der Waals surface area contributed by atoms with E-state index in [0.717, 1.165) is 18.4 Å². The second-order valence-corrected chi connectivity index (χ2v) is 5.04. The van der Waals surface area contributed by atoms with E-state index in [4.69, 9.17) is 4.74 Å². The van der Waals surface area contributed by atoms with Gasteiger partial charge < -0.3 is 4.74 Å².